The third kappa shape index (κ3) is 1.93. The van der Waals surface area contributed by atoms with Crippen molar-refractivity contribution in [3.05, 3.63) is 28.7 Å². The third-order valence-electron chi connectivity index (χ3n) is 4.50. The van der Waals surface area contributed by atoms with Crippen molar-refractivity contribution in [2.45, 2.75) is 43.9 Å². The van der Waals surface area contributed by atoms with E-state index in [2.05, 4.69) is 5.32 Å². The molecule has 1 aromatic carbocycles. The minimum Gasteiger partial charge on any atom is -0.490 e. The zero-order valence-corrected chi connectivity index (χ0v) is 11.5. The van der Waals surface area contributed by atoms with Crippen molar-refractivity contribution in [1.29, 1.82) is 0 Å². The van der Waals surface area contributed by atoms with Gasteiger partial charge < -0.3 is 14.5 Å². The summed E-state index contributed by atoms with van der Waals surface area (Å²) < 4.78 is 12.8. The van der Waals surface area contributed by atoms with Gasteiger partial charge in [0.1, 0.15) is 11.9 Å². The summed E-state index contributed by atoms with van der Waals surface area (Å²) in [5, 5.41) is 3.60. The van der Waals surface area contributed by atoms with Gasteiger partial charge in [0.25, 0.3) is 0 Å². The summed E-state index contributed by atoms with van der Waals surface area (Å²) in [6, 6.07) is 6.84. The van der Waals surface area contributed by atoms with Gasteiger partial charge >= 0.3 is 5.76 Å². The largest absolute Gasteiger partial charge is 0.490 e. The first-order valence-corrected chi connectivity index (χ1v) is 7.21. The van der Waals surface area contributed by atoms with Crippen LogP contribution >= 0.6 is 0 Å². The molecule has 2 saturated heterocycles. The second-order valence-corrected chi connectivity index (χ2v) is 5.91. The first-order chi connectivity index (χ1) is 9.69. The highest BCUT2D eigenvalue weighted by molar-refractivity contribution is 5.74. The van der Waals surface area contributed by atoms with E-state index in [0.29, 0.717) is 17.7 Å². The van der Waals surface area contributed by atoms with Crippen molar-refractivity contribution >= 4 is 11.1 Å². The van der Waals surface area contributed by atoms with Gasteiger partial charge in [-0.05, 0) is 37.8 Å². The molecule has 1 N–H and O–H groups in total. The predicted octanol–water partition coefficient (Wildman–Crippen LogP) is 1.79. The Balaban J connectivity index is 1.58. The van der Waals surface area contributed by atoms with Gasteiger partial charge in [0.2, 0.25) is 0 Å². The van der Waals surface area contributed by atoms with Crippen LogP contribution in [0, 0.1) is 0 Å². The predicted molar refractivity (Wildman–Crippen MR) is 75.1 cm³/mol. The molecule has 20 heavy (non-hydrogen) atoms. The third-order valence-corrected chi connectivity index (χ3v) is 4.50. The van der Waals surface area contributed by atoms with Gasteiger partial charge in [0.05, 0.1) is 5.52 Å². The fourth-order valence-electron chi connectivity index (χ4n) is 3.48. The molecule has 2 bridgehead atoms. The van der Waals surface area contributed by atoms with E-state index in [1.165, 1.54) is 17.4 Å². The lowest BCUT2D eigenvalue weighted by atomic mass is 10.0. The van der Waals surface area contributed by atoms with E-state index in [0.717, 1.165) is 24.1 Å². The lowest BCUT2D eigenvalue weighted by molar-refractivity contribution is 0.137. The minimum absolute atomic E-state index is 0.265. The average Bonchev–Trinajstić information content (AvgIpc) is 2.90. The number of hydrogen-bond acceptors (Lipinski definition) is 4. The van der Waals surface area contributed by atoms with Crippen molar-refractivity contribution in [2.75, 3.05) is 0 Å². The zero-order valence-electron chi connectivity index (χ0n) is 11.5. The van der Waals surface area contributed by atoms with Crippen LogP contribution in [-0.2, 0) is 7.05 Å². The summed E-state index contributed by atoms with van der Waals surface area (Å²) in [5.74, 6) is 0.454. The normalized spacial score (nSPS) is 28.9. The SMILES string of the molecule is Cn1c(=O)oc2cc(OC3C[C@@H]4CC[C@@H](C3)N4)ccc21. The summed E-state index contributed by atoms with van der Waals surface area (Å²) in [7, 11) is 1.71. The molecule has 2 atom stereocenters. The average molecular weight is 274 g/mol. The lowest BCUT2D eigenvalue weighted by Crippen LogP contribution is -2.42. The monoisotopic (exact) mass is 274 g/mol. The van der Waals surface area contributed by atoms with E-state index < -0.39 is 0 Å². The van der Waals surface area contributed by atoms with Crippen LogP contribution in [0.15, 0.2) is 27.4 Å². The van der Waals surface area contributed by atoms with Crippen LogP contribution in [0.5, 0.6) is 5.75 Å². The van der Waals surface area contributed by atoms with Crippen molar-refractivity contribution in [3.63, 3.8) is 0 Å². The van der Waals surface area contributed by atoms with Crippen LogP contribution in [0.3, 0.4) is 0 Å². The molecule has 1 aromatic heterocycles. The summed E-state index contributed by atoms with van der Waals surface area (Å²) in [4.78, 5) is 11.5. The molecule has 2 aromatic rings. The standard InChI is InChI=1S/C15H18N2O3/c1-17-13-5-4-11(8-14(13)20-15(17)18)19-12-6-9-2-3-10(7-12)16-9/h4-5,8-10,12,16H,2-3,6-7H2,1H3/t9-,10-/m0/s1. The molecule has 0 aliphatic carbocycles. The Morgan fingerprint density at radius 2 is 2.05 bits per heavy atom. The fourth-order valence-corrected chi connectivity index (χ4v) is 3.48. The highest BCUT2D eigenvalue weighted by Crippen LogP contribution is 2.30. The lowest BCUT2D eigenvalue weighted by Gasteiger charge is -2.29. The molecule has 5 heteroatoms. The van der Waals surface area contributed by atoms with Gasteiger partial charge in [0.15, 0.2) is 5.58 Å². The van der Waals surface area contributed by atoms with Crippen molar-refractivity contribution < 1.29 is 9.15 Å². The van der Waals surface area contributed by atoms with Crippen molar-refractivity contribution in [3.8, 4) is 5.75 Å². The number of oxazole rings is 1. The molecule has 2 fully saturated rings. The van der Waals surface area contributed by atoms with Crippen molar-refractivity contribution in [2.24, 2.45) is 7.05 Å². The number of piperidine rings is 1. The van der Waals surface area contributed by atoms with E-state index in [1.807, 2.05) is 18.2 Å². The number of aryl methyl sites for hydroxylation is 1. The molecular weight excluding hydrogens is 256 g/mol. The van der Waals surface area contributed by atoms with Gasteiger partial charge in [-0.2, -0.15) is 0 Å². The maximum atomic E-state index is 11.5. The Morgan fingerprint density at radius 3 is 2.80 bits per heavy atom. The summed E-state index contributed by atoms with van der Waals surface area (Å²) in [6.07, 6.45) is 4.91. The smallest absolute Gasteiger partial charge is 0.419 e. The Morgan fingerprint density at radius 1 is 1.30 bits per heavy atom. The highest BCUT2D eigenvalue weighted by Gasteiger charge is 2.34. The second kappa shape index (κ2) is 4.38. The first-order valence-electron chi connectivity index (χ1n) is 7.21. The quantitative estimate of drug-likeness (QED) is 0.907. The number of ether oxygens (including phenoxy) is 1. The summed E-state index contributed by atoms with van der Waals surface area (Å²) in [6.45, 7) is 0. The van der Waals surface area contributed by atoms with Gasteiger partial charge in [-0.1, -0.05) is 0 Å². The van der Waals surface area contributed by atoms with Crippen LogP contribution in [0.25, 0.3) is 11.1 Å². The highest BCUT2D eigenvalue weighted by atomic mass is 16.5. The van der Waals surface area contributed by atoms with Crippen molar-refractivity contribution in [1.82, 2.24) is 9.88 Å². The zero-order chi connectivity index (χ0) is 13.7. The molecule has 0 saturated carbocycles. The molecule has 0 spiro atoms. The maximum Gasteiger partial charge on any atom is 0.419 e. The summed E-state index contributed by atoms with van der Waals surface area (Å²) >= 11 is 0. The molecule has 0 unspecified atom stereocenters. The number of hydrogen-bond donors (Lipinski definition) is 1. The van der Waals surface area contributed by atoms with Gasteiger partial charge in [-0.3, -0.25) is 4.57 Å². The molecule has 5 nitrogen and oxygen atoms in total. The van der Waals surface area contributed by atoms with Gasteiger partial charge in [-0.25, -0.2) is 4.79 Å². The van der Waals surface area contributed by atoms with Crippen LogP contribution in [0.4, 0.5) is 0 Å². The topological polar surface area (TPSA) is 56.4 Å². The van der Waals surface area contributed by atoms with E-state index in [4.69, 9.17) is 9.15 Å². The molecule has 2 aliphatic heterocycles. The summed E-state index contributed by atoms with van der Waals surface area (Å²) in [5.41, 5.74) is 1.39. The molecule has 2 aliphatic rings. The van der Waals surface area contributed by atoms with E-state index in [9.17, 15) is 4.79 Å². The molecule has 106 valence electrons. The van der Waals surface area contributed by atoms with Crippen LogP contribution in [-0.4, -0.2) is 22.8 Å². The van der Waals surface area contributed by atoms with E-state index in [-0.39, 0.29) is 11.9 Å². The van der Waals surface area contributed by atoms with E-state index in [1.54, 1.807) is 7.05 Å². The Kier molecular flexibility index (Phi) is 2.63. The number of rotatable bonds is 2. The maximum absolute atomic E-state index is 11.5. The first kappa shape index (κ1) is 12.0. The number of benzene rings is 1. The fraction of sp³-hybridized carbons (Fsp3) is 0.533. The Hall–Kier alpha value is -1.75. The molecule has 3 heterocycles. The number of aromatic nitrogens is 1. The molecule has 0 radical (unpaired) electrons. The molecular formula is C15H18N2O3. The minimum atomic E-state index is -0.336. The second-order valence-electron chi connectivity index (χ2n) is 5.91. The number of nitrogens with zero attached hydrogens (tertiary/aromatic N) is 1. The van der Waals surface area contributed by atoms with Gasteiger partial charge in [0, 0.05) is 25.2 Å². The molecule has 4 rings (SSSR count). The Bertz CT molecular complexity index is 691. The Labute approximate surface area is 116 Å². The van der Waals surface area contributed by atoms with Crippen LogP contribution in [0.1, 0.15) is 25.7 Å². The molecule has 0 amide bonds. The van der Waals surface area contributed by atoms with Crippen LogP contribution < -0.4 is 15.8 Å². The number of nitrogens with one attached hydrogen (secondary N) is 1. The number of fused-ring (bicyclic) bond motifs is 3. The van der Waals surface area contributed by atoms with Crippen LogP contribution in [0.2, 0.25) is 0 Å². The van der Waals surface area contributed by atoms with Gasteiger partial charge in [-0.15, -0.1) is 0 Å². The van der Waals surface area contributed by atoms with E-state index >= 15 is 0 Å².